The largest absolute Gasteiger partial charge is 0.496 e. The van der Waals surface area contributed by atoms with E-state index in [0.717, 1.165) is 22.4 Å². The molecule has 19 heavy (non-hydrogen) atoms. The summed E-state index contributed by atoms with van der Waals surface area (Å²) in [4.78, 5) is 0. The second-order valence-electron chi connectivity index (χ2n) is 4.51. The summed E-state index contributed by atoms with van der Waals surface area (Å²) in [6.07, 6.45) is -0.156. The van der Waals surface area contributed by atoms with E-state index in [-0.39, 0.29) is 0 Å². The lowest BCUT2D eigenvalue weighted by Crippen LogP contribution is -2.04. The number of aliphatic hydroxyl groups excluding tert-OH is 1. The summed E-state index contributed by atoms with van der Waals surface area (Å²) in [6, 6.07) is 13.4. The molecule has 3 heteroatoms. The van der Waals surface area contributed by atoms with Crippen LogP contribution in [0.2, 0.25) is 5.02 Å². The zero-order valence-corrected chi connectivity index (χ0v) is 11.8. The summed E-state index contributed by atoms with van der Waals surface area (Å²) < 4.78 is 5.29. The summed E-state index contributed by atoms with van der Waals surface area (Å²) >= 11 is 6.24. The van der Waals surface area contributed by atoms with E-state index >= 15 is 0 Å². The SMILES string of the molecule is COc1ccccc1CC(O)c1cccc(C)c1Cl. The Labute approximate surface area is 118 Å². The van der Waals surface area contributed by atoms with Crippen LogP contribution in [-0.2, 0) is 6.42 Å². The monoisotopic (exact) mass is 276 g/mol. The van der Waals surface area contributed by atoms with E-state index in [1.807, 2.05) is 49.4 Å². The van der Waals surface area contributed by atoms with Gasteiger partial charge in [-0.3, -0.25) is 0 Å². The van der Waals surface area contributed by atoms with Crippen LogP contribution in [0.1, 0.15) is 22.8 Å². The first-order valence-corrected chi connectivity index (χ1v) is 6.56. The van der Waals surface area contributed by atoms with Crippen LogP contribution in [0.25, 0.3) is 0 Å². The standard InChI is InChI=1S/C16H17ClO2/c1-11-6-5-8-13(16(11)17)14(18)10-12-7-3-4-9-15(12)19-2/h3-9,14,18H,10H2,1-2H3. The minimum atomic E-state index is -0.635. The smallest absolute Gasteiger partial charge is 0.122 e. The molecular formula is C16H17ClO2. The van der Waals surface area contributed by atoms with Crippen LogP contribution < -0.4 is 4.74 Å². The Kier molecular flexibility index (Phi) is 4.46. The Morgan fingerprint density at radius 1 is 1.16 bits per heavy atom. The first kappa shape index (κ1) is 13.9. The van der Waals surface area contributed by atoms with Crippen LogP contribution in [0, 0.1) is 6.92 Å². The number of aryl methyl sites for hydroxylation is 1. The predicted octanol–water partition coefficient (Wildman–Crippen LogP) is 3.93. The van der Waals surface area contributed by atoms with E-state index in [0.29, 0.717) is 11.4 Å². The Hall–Kier alpha value is -1.51. The highest BCUT2D eigenvalue weighted by Gasteiger charge is 2.15. The lowest BCUT2D eigenvalue weighted by atomic mass is 9.99. The van der Waals surface area contributed by atoms with Gasteiger partial charge in [-0.25, -0.2) is 0 Å². The maximum atomic E-state index is 10.4. The molecular weight excluding hydrogens is 260 g/mol. The molecule has 2 aromatic carbocycles. The van der Waals surface area contributed by atoms with Crippen LogP contribution >= 0.6 is 11.6 Å². The van der Waals surface area contributed by atoms with Gasteiger partial charge in [0.15, 0.2) is 0 Å². The van der Waals surface area contributed by atoms with Crippen LogP contribution in [0.5, 0.6) is 5.75 Å². The Morgan fingerprint density at radius 3 is 2.63 bits per heavy atom. The number of para-hydroxylation sites is 1. The zero-order valence-electron chi connectivity index (χ0n) is 11.1. The molecule has 2 rings (SSSR count). The summed E-state index contributed by atoms with van der Waals surface area (Å²) in [5.41, 5.74) is 2.70. The Bertz CT molecular complexity index is 566. The van der Waals surface area contributed by atoms with E-state index in [4.69, 9.17) is 16.3 Å². The molecule has 0 fully saturated rings. The van der Waals surface area contributed by atoms with Gasteiger partial charge in [-0.1, -0.05) is 48.0 Å². The summed E-state index contributed by atoms with van der Waals surface area (Å²) in [5, 5.41) is 11.0. The maximum absolute atomic E-state index is 10.4. The molecule has 0 saturated carbocycles. The van der Waals surface area contributed by atoms with Gasteiger partial charge in [0, 0.05) is 11.4 Å². The topological polar surface area (TPSA) is 29.5 Å². The first-order valence-electron chi connectivity index (χ1n) is 6.18. The highest BCUT2D eigenvalue weighted by Crippen LogP contribution is 2.30. The highest BCUT2D eigenvalue weighted by molar-refractivity contribution is 6.32. The van der Waals surface area contributed by atoms with Crippen molar-refractivity contribution in [1.82, 2.24) is 0 Å². The van der Waals surface area contributed by atoms with E-state index in [1.165, 1.54) is 0 Å². The molecule has 1 unspecified atom stereocenters. The molecule has 0 bridgehead atoms. The number of hydrogen-bond acceptors (Lipinski definition) is 2. The van der Waals surface area contributed by atoms with Gasteiger partial charge in [-0.15, -0.1) is 0 Å². The van der Waals surface area contributed by atoms with Crippen molar-refractivity contribution in [2.24, 2.45) is 0 Å². The van der Waals surface area contributed by atoms with E-state index in [9.17, 15) is 5.11 Å². The molecule has 0 spiro atoms. The van der Waals surface area contributed by atoms with Crippen LogP contribution in [-0.4, -0.2) is 12.2 Å². The number of ether oxygens (including phenoxy) is 1. The van der Waals surface area contributed by atoms with Gasteiger partial charge < -0.3 is 9.84 Å². The molecule has 1 atom stereocenters. The molecule has 2 aromatic rings. The lowest BCUT2D eigenvalue weighted by molar-refractivity contribution is 0.177. The van der Waals surface area contributed by atoms with Gasteiger partial charge in [0.25, 0.3) is 0 Å². The summed E-state index contributed by atoms with van der Waals surface area (Å²) in [5.74, 6) is 0.783. The van der Waals surface area contributed by atoms with Crippen molar-refractivity contribution < 1.29 is 9.84 Å². The fourth-order valence-electron chi connectivity index (χ4n) is 2.12. The number of rotatable bonds is 4. The lowest BCUT2D eigenvalue weighted by Gasteiger charge is -2.15. The first-order chi connectivity index (χ1) is 9.13. The normalized spacial score (nSPS) is 12.2. The number of methoxy groups -OCH3 is 1. The van der Waals surface area contributed by atoms with Gasteiger partial charge in [-0.05, 0) is 29.7 Å². The third-order valence-electron chi connectivity index (χ3n) is 3.19. The van der Waals surface area contributed by atoms with Crippen LogP contribution in [0.15, 0.2) is 42.5 Å². The fraction of sp³-hybridized carbons (Fsp3) is 0.250. The zero-order chi connectivity index (χ0) is 13.8. The quantitative estimate of drug-likeness (QED) is 0.917. The molecule has 0 saturated heterocycles. The van der Waals surface area contributed by atoms with Gasteiger partial charge in [0.1, 0.15) is 5.75 Å². The second-order valence-corrected chi connectivity index (χ2v) is 4.89. The molecule has 0 aliphatic carbocycles. The molecule has 0 radical (unpaired) electrons. The number of halogens is 1. The van der Waals surface area contributed by atoms with Gasteiger partial charge >= 0.3 is 0 Å². The molecule has 100 valence electrons. The van der Waals surface area contributed by atoms with Crippen molar-refractivity contribution in [1.29, 1.82) is 0 Å². The minimum absolute atomic E-state index is 0.479. The number of aliphatic hydroxyl groups is 1. The molecule has 1 N–H and O–H groups in total. The van der Waals surface area contributed by atoms with Crippen LogP contribution in [0.4, 0.5) is 0 Å². The van der Waals surface area contributed by atoms with Crippen molar-refractivity contribution in [2.75, 3.05) is 7.11 Å². The second kappa shape index (κ2) is 6.09. The van der Waals surface area contributed by atoms with E-state index in [2.05, 4.69) is 0 Å². The third kappa shape index (κ3) is 3.09. The Balaban J connectivity index is 2.26. The number of benzene rings is 2. The van der Waals surface area contributed by atoms with Crippen molar-refractivity contribution in [3.8, 4) is 5.75 Å². The maximum Gasteiger partial charge on any atom is 0.122 e. The molecule has 0 aliphatic heterocycles. The van der Waals surface area contributed by atoms with Crippen molar-refractivity contribution in [3.05, 3.63) is 64.2 Å². The van der Waals surface area contributed by atoms with E-state index < -0.39 is 6.10 Å². The molecule has 0 aliphatic rings. The van der Waals surface area contributed by atoms with Crippen molar-refractivity contribution in [2.45, 2.75) is 19.4 Å². The predicted molar refractivity (Wildman–Crippen MR) is 77.8 cm³/mol. The molecule has 0 aromatic heterocycles. The summed E-state index contributed by atoms with van der Waals surface area (Å²) in [7, 11) is 1.63. The average Bonchev–Trinajstić information content (AvgIpc) is 2.42. The van der Waals surface area contributed by atoms with Crippen molar-refractivity contribution in [3.63, 3.8) is 0 Å². The van der Waals surface area contributed by atoms with Gasteiger partial charge in [0.2, 0.25) is 0 Å². The van der Waals surface area contributed by atoms with Gasteiger partial charge in [0.05, 0.1) is 13.2 Å². The Morgan fingerprint density at radius 2 is 1.89 bits per heavy atom. The van der Waals surface area contributed by atoms with Crippen molar-refractivity contribution >= 4 is 11.6 Å². The molecule has 2 nitrogen and oxygen atoms in total. The van der Waals surface area contributed by atoms with E-state index in [1.54, 1.807) is 7.11 Å². The third-order valence-corrected chi connectivity index (χ3v) is 3.70. The highest BCUT2D eigenvalue weighted by atomic mass is 35.5. The number of hydrogen-bond donors (Lipinski definition) is 1. The molecule has 0 amide bonds. The minimum Gasteiger partial charge on any atom is -0.496 e. The fourth-order valence-corrected chi connectivity index (χ4v) is 2.37. The van der Waals surface area contributed by atoms with Gasteiger partial charge in [-0.2, -0.15) is 0 Å². The molecule has 0 heterocycles. The average molecular weight is 277 g/mol. The summed E-state index contributed by atoms with van der Waals surface area (Å²) in [6.45, 7) is 1.93. The van der Waals surface area contributed by atoms with Crippen LogP contribution in [0.3, 0.4) is 0 Å².